The number of aliphatic hydroxyl groups excluding tert-OH is 3. The van der Waals surface area contributed by atoms with E-state index in [0.29, 0.717) is 43.1 Å². The molecular weight excluding hydrogens is 822 g/mol. The predicted octanol–water partition coefficient (Wildman–Crippen LogP) is 9.95. The van der Waals surface area contributed by atoms with Crippen LogP contribution in [0.5, 0.6) is 0 Å². The lowest BCUT2D eigenvalue weighted by Crippen LogP contribution is -2.37. The summed E-state index contributed by atoms with van der Waals surface area (Å²) in [7, 11) is 1.28. The lowest BCUT2D eigenvalue weighted by atomic mass is 9.89. The largest absolute Gasteiger partial charge is 0.472 e. The molecule has 7 atom stereocenters. The molecule has 1 fully saturated rings. The molecule has 0 aliphatic heterocycles. The van der Waals surface area contributed by atoms with Crippen LogP contribution in [-0.4, -0.2) is 109 Å². The molecule has 63 heavy (non-hydrogen) atoms. The van der Waals surface area contributed by atoms with Crippen LogP contribution in [0.15, 0.2) is 85.1 Å². The molecule has 1 rings (SSSR count). The topological polar surface area (TPSA) is 169 Å². The normalized spacial score (nSPS) is 20.7. The summed E-state index contributed by atoms with van der Waals surface area (Å²) in [5.41, 5.74) is 0. The number of phosphoric ester groups is 1. The van der Waals surface area contributed by atoms with Crippen molar-refractivity contribution in [3.63, 3.8) is 0 Å². The molecule has 1 aliphatic rings. The molecule has 0 bridgehead atoms. The fourth-order valence-electron chi connectivity index (χ4n) is 6.69. The van der Waals surface area contributed by atoms with Crippen molar-refractivity contribution in [3.05, 3.63) is 85.1 Å². The molecule has 4 N–H and O–H groups in total. The first kappa shape index (κ1) is 58.1. The van der Waals surface area contributed by atoms with E-state index < -0.39 is 50.8 Å². The molecule has 1 aliphatic carbocycles. The summed E-state index contributed by atoms with van der Waals surface area (Å²) in [4.78, 5) is 35.6. The second-order valence-electron chi connectivity index (χ2n) is 17.4. The van der Waals surface area contributed by atoms with E-state index in [1.807, 2.05) is 51.5 Å². The van der Waals surface area contributed by atoms with Gasteiger partial charge in [-0.3, -0.25) is 18.6 Å². The summed E-state index contributed by atoms with van der Waals surface area (Å²) < 4.78 is 34.2. The number of aliphatic hydroxyl groups is 3. The van der Waals surface area contributed by atoms with Crippen molar-refractivity contribution >= 4 is 19.8 Å². The quantitative estimate of drug-likeness (QED) is 0.0154. The van der Waals surface area contributed by atoms with Gasteiger partial charge < -0.3 is 34.2 Å². The van der Waals surface area contributed by atoms with Crippen molar-refractivity contribution in [2.75, 3.05) is 47.5 Å². The van der Waals surface area contributed by atoms with Crippen molar-refractivity contribution < 1.29 is 57.4 Å². The van der Waals surface area contributed by atoms with Gasteiger partial charge in [0, 0.05) is 25.2 Å². The average Bonchev–Trinajstić information content (AvgIpc) is 3.50. The molecular formula is C50H85NO11P+. The fourth-order valence-corrected chi connectivity index (χ4v) is 7.44. The third kappa shape index (κ3) is 33.2. The number of likely N-dealkylation sites (N-methyl/N-ethyl adjacent to an activating group) is 1. The molecule has 0 aromatic heterocycles. The smallest absolute Gasteiger partial charge is 0.462 e. The van der Waals surface area contributed by atoms with Gasteiger partial charge in [-0.25, -0.2) is 4.57 Å². The van der Waals surface area contributed by atoms with Crippen LogP contribution in [-0.2, 0) is 32.7 Å². The Morgan fingerprint density at radius 2 is 1.27 bits per heavy atom. The molecule has 0 radical (unpaired) electrons. The Bertz CT molecular complexity index is 1460. The van der Waals surface area contributed by atoms with E-state index in [4.69, 9.17) is 18.5 Å². The molecule has 12 nitrogen and oxygen atoms in total. The maximum absolute atomic E-state index is 12.7. The lowest BCUT2D eigenvalue weighted by molar-refractivity contribution is -0.870. The molecule has 1 saturated carbocycles. The Labute approximate surface area is 380 Å². The summed E-state index contributed by atoms with van der Waals surface area (Å²) in [6, 6.07) is 0. The van der Waals surface area contributed by atoms with Gasteiger partial charge in [0.2, 0.25) is 0 Å². The minimum atomic E-state index is -4.46. The Balaban J connectivity index is 2.54. The number of ether oxygens (including phenoxy) is 2. The van der Waals surface area contributed by atoms with Crippen LogP contribution in [0.4, 0.5) is 0 Å². The maximum atomic E-state index is 12.7. The summed E-state index contributed by atoms with van der Waals surface area (Å²) in [5, 5.41) is 31.4. The zero-order chi connectivity index (χ0) is 46.6. The van der Waals surface area contributed by atoms with E-state index >= 15 is 0 Å². The maximum Gasteiger partial charge on any atom is 0.472 e. The Hall–Kier alpha value is -2.93. The van der Waals surface area contributed by atoms with Crippen LogP contribution in [0.1, 0.15) is 136 Å². The number of carbonyl (C=O) groups excluding carboxylic acids is 2. The average molecular weight is 907 g/mol. The summed E-state index contributed by atoms with van der Waals surface area (Å²) >= 11 is 0. The van der Waals surface area contributed by atoms with Crippen LogP contribution < -0.4 is 0 Å². The van der Waals surface area contributed by atoms with Crippen LogP contribution in [0, 0.1) is 11.8 Å². The molecule has 360 valence electrons. The lowest BCUT2D eigenvalue weighted by Gasteiger charge is -2.24. The van der Waals surface area contributed by atoms with Crippen molar-refractivity contribution in [3.8, 4) is 0 Å². The summed E-state index contributed by atoms with van der Waals surface area (Å²) in [5.74, 6) is -1.51. The number of unbranched alkanes of at least 4 members (excludes halogenated alkanes) is 6. The SMILES string of the molecule is CCCCC/C=C\C/C=C\C/C=C\C/C=C\C/C=C\CCC(=O)O[C@H](COC(=O)CCC/C=C/C[C@@H]1[C@@H](/C=C/[C@@H](O)CCCCC)[C@H](O)C[C@@H]1O)COP(=O)(O)OCC[N+](C)(C)C. The number of rotatable bonds is 37. The molecule has 13 heteroatoms. The monoisotopic (exact) mass is 907 g/mol. The minimum Gasteiger partial charge on any atom is -0.462 e. The van der Waals surface area contributed by atoms with Crippen molar-refractivity contribution in [1.82, 2.24) is 0 Å². The summed E-state index contributed by atoms with van der Waals surface area (Å²) in [6.07, 6.45) is 40.3. The first-order valence-electron chi connectivity index (χ1n) is 23.6. The molecule has 0 heterocycles. The highest BCUT2D eigenvalue weighted by Crippen LogP contribution is 2.43. The van der Waals surface area contributed by atoms with Gasteiger partial charge in [0.15, 0.2) is 6.10 Å². The second kappa shape index (κ2) is 36.3. The Kier molecular flexibility index (Phi) is 33.5. The van der Waals surface area contributed by atoms with Crippen LogP contribution in [0.25, 0.3) is 0 Å². The fraction of sp³-hybridized carbons (Fsp3) is 0.680. The Morgan fingerprint density at radius 1 is 0.698 bits per heavy atom. The van der Waals surface area contributed by atoms with Crippen LogP contribution in [0.2, 0.25) is 0 Å². The molecule has 0 aromatic carbocycles. The number of carbonyl (C=O) groups is 2. The molecule has 0 amide bonds. The van der Waals surface area contributed by atoms with Crippen molar-refractivity contribution in [1.29, 1.82) is 0 Å². The number of hydrogen-bond donors (Lipinski definition) is 4. The van der Waals surface area contributed by atoms with Gasteiger partial charge in [0.1, 0.15) is 19.8 Å². The van der Waals surface area contributed by atoms with Crippen molar-refractivity contribution in [2.24, 2.45) is 11.8 Å². The van der Waals surface area contributed by atoms with E-state index in [1.165, 1.54) is 19.3 Å². The van der Waals surface area contributed by atoms with Crippen LogP contribution in [0.3, 0.4) is 0 Å². The number of hydrogen-bond acceptors (Lipinski definition) is 10. The zero-order valence-corrected chi connectivity index (χ0v) is 40.2. The number of nitrogens with zero attached hydrogens (tertiary/aromatic N) is 1. The van der Waals surface area contributed by atoms with E-state index in [-0.39, 0.29) is 44.3 Å². The first-order valence-corrected chi connectivity index (χ1v) is 25.1. The summed E-state index contributed by atoms with van der Waals surface area (Å²) in [6.45, 7) is 3.91. The van der Waals surface area contributed by atoms with Crippen molar-refractivity contribution in [2.45, 2.75) is 160 Å². The van der Waals surface area contributed by atoms with Gasteiger partial charge >= 0.3 is 19.8 Å². The van der Waals surface area contributed by atoms with Gasteiger partial charge in [-0.05, 0) is 76.5 Å². The van der Waals surface area contributed by atoms with Crippen LogP contribution >= 0.6 is 7.82 Å². The van der Waals surface area contributed by atoms with Gasteiger partial charge in [0.05, 0.1) is 46.1 Å². The molecule has 0 saturated heterocycles. The number of quaternary nitrogens is 1. The zero-order valence-electron chi connectivity index (χ0n) is 39.4. The Morgan fingerprint density at radius 3 is 1.89 bits per heavy atom. The first-order chi connectivity index (χ1) is 30.2. The third-order valence-electron chi connectivity index (χ3n) is 10.5. The van der Waals surface area contributed by atoms with Gasteiger partial charge in [-0.1, -0.05) is 131 Å². The number of esters is 2. The molecule has 0 spiro atoms. The number of allylic oxidation sites excluding steroid dienone is 12. The standard InChI is InChI=1S/C50H84NO11P/c1-6-8-10-11-12-13-14-15-16-17-18-19-20-21-22-23-24-25-31-35-50(56)62-44(42-61-63(57,58)60-39-38-51(3,4)5)41-59-49(55)34-30-27-26-29-33-45-46(48(54)40-47(45)53)37-36-43(52)32-28-9-7-2/h12-13,15-16,18-19,21-22,24-26,29,36-37,43-48,52-54H,6-11,14,17,20,23,27-28,30-35,38-42H2,1-5H3/p+1/b13-12-,16-15-,19-18-,22-21-,25-24-,29-26+,37-36+/t43-,44+,45+,46+,47-,48+/m0/s1. The van der Waals surface area contributed by atoms with E-state index in [0.717, 1.165) is 51.4 Å². The van der Waals surface area contributed by atoms with Gasteiger partial charge in [-0.15, -0.1) is 0 Å². The van der Waals surface area contributed by atoms with E-state index in [2.05, 4.69) is 62.5 Å². The molecule has 1 unspecified atom stereocenters. The molecule has 0 aromatic rings. The highest BCUT2D eigenvalue weighted by atomic mass is 31.2. The predicted molar refractivity (Wildman–Crippen MR) is 254 cm³/mol. The second-order valence-corrected chi connectivity index (χ2v) is 18.9. The van der Waals surface area contributed by atoms with Gasteiger partial charge in [0.25, 0.3) is 0 Å². The van der Waals surface area contributed by atoms with Gasteiger partial charge in [-0.2, -0.15) is 0 Å². The minimum absolute atomic E-state index is 0.0251. The van der Waals surface area contributed by atoms with E-state index in [9.17, 15) is 34.4 Å². The highest BCUT2D eigenvalue weighted by Gasteiger charge is 2.39. The third-order valence-corrected chi connectivity index (χ3v) is 11.5. The van der Waals surface area contributed by atoms with E-state index in [1.54, 1.807) is 6.08 Å². The number of phosphoric acid groups is 1. The highest BCUT2D eigenvalue weighted by molar-refractivity contribution is 7.47.